The minimum absolute atomic E-state index is 0.412. The number of rotatable bonds is 3. The fourth-order valence-corrected chi connectivity index (χ4v) is 4.68. The third-order valence-corrected chi connectivity index (χ3v) is 6.15. The lowest BCUT2D eigenvalue weighted by molar-refractivity contribution is -0.132. The van der Waals surface area contributed by atoms with Gasteiger partial charge in [-0.3, -0.25) is 15.0 Å². The summed E-state index contributed by atoms with van der Waals surface area (Å²) < 4.78 is 0. The molecule has 6 nitrogen and oxygen atoms in total. The van der Waals surface area contributed by atoms with Gasteiger partial charge in [0.05, 0.1) is 5.56 Å². The standard InChI is InChI=1S/C19H19N3O3S/c1-19(12-7-3-2-4-8-12)17(24)22(18(25)20-19)21-16(23)14-11-26-15-10-6-5-9-13(14)15/h2-4,7-8,11H,5-6,9-10H2,1H3,(H,20,25)(H,21,23). The molecule has 1 aliphatic heterocycles. The zero-order chi connectivity index (χ0) is 18.3. The lowest BCUT2D eigenvalue weighted by Crippen LogP contribution is -2.48. The van der Waals surface area contributed by atoms with Crippen molar-refractivity contribution in [2.75, 3.05) is 0 Å². The van der Waals surface area contributed by atoms with Crippen molar-refractivity contribution in [2.45, 2.75) is 38.1 Å². The number of hydrogen-bond donors (Lipinski definition) is 2. The number of nitrogens with one attached hydrogen (secondary N) is 2. The fraction of sp³-hybridized carbons (Fsp3) is 0.316. The molecule has 2 aliphatic rings. The van der Waals surface area contributed by atoms with Gasteiger partial charge in [-0.15, -0.1) is 11.3 Å². The number of aryl methyl sites for hydroxylation is 1. The van der Waals surface area contributed by atoms with E-state index in [0.717, 1.165) is 36.3 Å². The Labute approximate surface area is 155 Å². The van der Waals surface area contributed by atoms with Crippen LogP contribution in [0.5, 0.6) is 0 Å². The van der Waals surface area contributed by atoms with Crippen LogP contribution in [0.1, 0.15) is 46.1 Å². The van der Waals surface area contributed by atoms with Crippen molar-refractivity contribution in [1.29, 1.82) is 0 Å². The molecule has 134 valence electrons. The fourth-order valence-electron chi connectivity index (χ4n) is 3.55. The zero-order valence-corrected chi connectivity index (χ0v) is 15.2. The highest BCUT2D eigenvalue weighted by molar-refractivity contribution is 7.10. The van der Waals surface area contributed by atoms with E-state index in [-0.39, 0.29) is 0 Å². The Hall–Kier alpha value is -2.67. The Kier molecular flexibility index (Phi) is 4.03. The Morgan fingerprint density at radius 3 is 2.69 bits per heavy atom. The average molecular weight is 369 g/mol. The normalized spacial score (nSPS) is 22.1. The van der Waals surface area contributed by atoms with Crippen LogP contribution < -0.4 is 10.7 Å². The van der Waals surface area contributed by atoms with Crippen LogP contribution >= 0.6 is 11.3 Å². The molecule has 1 unspecified atom stereocenters. The van der Waals surface area contributed by atoms with Gasteiger partial charge in [-0.2, -0.15) is 5.01 Å². The number of carbonyl (C=O) groups is 3. The predicted octanol–water partition coefficient (Wildman–Crippen LogP) is 2.74. The first-order valence-corrected chi connectivity index (χ1v) is 9.51. The number of nitrogens with zero attached hydrogens (tertiary/aromatic N) is 1. The maximum absolute atomic E-state index is 12.9. The highest BCUT2D eigenvalue weighted by Gasteiger charge is 2.50. The molecule has 7 heteroatoms. The number of hydrazine groups is 1. The lowest BCUT2D eigenvalue weighted by atomic mass is 9.92. The minimum Gasteiger partial charge on any atom is -0.318 e. The highest BCUT2D eigenvalue weighted by atomic mass is 32.1. The third kappa shape index (κ3) is 2.59. The van der Waals surface area contributed by atoms with Crippen LogP contribution in [0.25, 0.3) is 0 Å². The summed E-state index contributed by atoms with van der Waals surface area (Å²) in [7, 11) is 0. The largest absolute Gasteiger partial charge is 0.344 e. The Bertz CT molecular complexity index is 893. The molecule has 1 aromatic carbocycles. The van der Waals surface area contributed by atoms with Crippen LogP contribution in [0.2, 0.25) is 0 Å². The van der Waals surface area contributed by atoms with Gasteiger partial charge in [0.15, 0.2) is 0 Å². The van der Waals surface area contributed by atoms with Crippen LogP contribution in [-0.2, 0) is 23.2 Å². The molecule has 2 aromatic rings. The van der Waals surface area contributed by atoms with Crippen molar-refractivity contribution in [3.63, 3.8) is 0 Å². The summed E-state index contributed by atoms with van der Waals surface area (Å²) in [5.41, 5.74) is 3.59. The van der Waals surface area contributed by atoms with E-state index in [1.54, 1.807) is 42.5 Å². The predicted molar refractivity (Wildman–Crippen MR) is 97.6 cm³/mol. The quantitative estimate of drug-likeness (QED) is 0.817. The van der Waals surface area contributed by atoms with Gasteiger partial charge in [0, 0.05) is 10.3 Å². The number of hydrogen-bond acceptors (Lipinski definition) is 4. The van der Waals surface area contributed by atoms with E-state index in [1.807, 2.05) is 11.4 Å². The van der Waals surface area contributed by atoms with E-state index >= 15 is 0 Å². The molecule has 1 fully saturated rings. The molecule has 0 bridgehead atoms. The molecule has 4 amide bonds. The lowest BCUT2D eigenvalue weighted by Gasteiger charge is -2.22. The van der Waals surface area contributed by atoms with Gasteiger partial charge in [-0.05, 0) is 43.7 Å². The second-order valence-electron chi connectivity index (χ2n) is 6.76. The Morgan fingerprint density at radius 1 is 1.19 bits per heavy atom. The molecular formula is C19H19N3O3S. The summed E-state index contributed by atoms with van der Waals surface area (Å²) in [5, 5.41) is 5.30. The Balaban J connectivity index is 1.57. The van der Waals surface area contributed by atoms with Crippen molar-refractivity contribution in [3.8, 4) is 0 Å². The number of urea groups is 1. The van der Waals surface area contributed by atoms with Crippen LogP contribution in [0.4, 0.5) is 4.79 Å². The maximum Gasteiger partial charge on any atom is 0.344 e. The SMILES string of the molecule is CC1(c2ccccc2)NC(=O)N(NC(=O)c2csc3c2CCCC3)C1=O. The molecular weight excluding hydrogens is 350 g/mol. The molecule has 1 atom stereocenters. The first-order chi connectivity index (χ1) is 12.5. The zero-order valence-electron chi connectivity index (χ0n) is 14.4. The summed E-state index contributed by atoms with van der Waals surface area (Å²) in [6, 6.07) is 8.38. The number of thiophene rings is 1. The molecule has 0 saturated carbocycles. The summed E-state index contributed by atoms with van der Waals surface area (Å²) in [6.45, 7) is 1.64. The number of carbonyl (C=O) groups excluding carboxylic acids is 3. The van der Waals surface area contributed by atoms with Gasteiger partial charge in [-0.25, -0.2) is 4.79 Å². The van der Waals surface area contributed by atoms with Crippen molar-refractivity contribution < 1.29 is 14.4 Å². The summed E-state index contributed by atoms with van der Waals surface area (Å²) in [4.78, 5) is 39.1. The number of benzene rings is 1. The van der Waals surface area contributed by atoms with Crippen molar-refractivity contribution in [2.24, 2.45) is 0 Å². The number of imide groups is 1. The number of amides is 4. The van der Waals surface area contributed by atoms with Gasteiger partial charge in [0.1, 0.15) is 5.54 Å². The molecule has 2 heterocycles. The minimum atomic E-state index is -1.19. The van der Waals surface area contributed by atoms with Gasteiger partial charge in [0.2, 0.25) is 0 Å². The van der Waals surface area contributed by atoms with Crippen LogP contribution in [-0.4, -0.2) is 22.9 Å². The number of fused-ring (bicyclic) bond motifs is 1. The van der Waals surface area contributed by atoms with Gasteiger partial charge >= 0.3 is 6.03 Å². The maximum atomic E-state index is 12.9. The van der Waals surface area contributed by atoms with Crippen molar-refractivity contribution in [3.05, 3.63) is 57.3 Å². The summed E-state index contributed by atoms with van der Waals surface area (Å²) in [6.07, 6.45) is 4.04. The molecule has 2 N–H and O–H groups in total. The smallest absolute Gasteiger partial charge is 0.318 e. The van der Waals surface area contributed by atoms with Gasteiger partial charge in [0.25, 0.3) is 11.8 Å². The van der Waals surface area contributed by atoms with Gasteiger partial charge in [-0.1, -0.05) is 30.3 Å². The second kappa shape index (κ2) is 6.25. The molecule has 0 radical (unpaired) electrons. The third-order valence-electron chi connectivity index (χ3n) is 5.06. The van der Waals surface area contributed by atoms with E-state index in [2.05, 4.69) is 10.7 Å². The van der Waals surface area contributed by atoms with Gasteiger partial charge < -0.3 is 5.32 Å². The molecule has 26 heavy (non-hydrogen) atoms. The molecule has 0 spiro atoms. The first-order valence-electron chi connectivity index (χ1n) is 8.63. The van der Waals surface area contributed by atoms with Crippen LogP contribution in [0.3, 0.4) is 0 Å². The molecule has 1 aromatic heterocycles. The first kappa shape index (κ1) is 16.8. The summed E-state index contributed by atoms with van der Waals surface area (Å²) >= 11 is 1.57. The Morgan fingerprint density at radius 2 is 1.92 bits per heavy atom. The second-order valence-corrected chi connectivity index (χ2v) is 7.73. The molecule has 1 aliphatic carbocycles. The average Bonchev–Trinajstić information content (AvgIpc) is 3.18. The van der Waals surface area contributed by atoms with E-state index in [1.165, 1.54) is 4.88 Å². The van der Waals surface area contributed by atoms with Crippen LogP contribution in [0, 0.1) is 0 Å². The van der Waals surface area contributed by atoms with Crippen LogP contribution in [0.15, 0.2) is 35.7 Å². The van der Waals surface area contributed by atoms with E-state index in [0.29, 0.717) is 11.1 Å². The molecule has 1 saturated heterocycles. The van der Waals surface area contributed by atoms with E-state index in [4.69, 9.17) is 0 Å². The highest BCUT2D eigenvalue weighted by Crippen LogP contribution is 2.31. The molecule has 4 rings (SSSR count). The van der Waals surface area contributed by atoms with E-state index in [9.17, 15) is 14.4 Å². The van der Waals surface area contributed by atoms with Crippen molar-refractivity contribution >= 4 is 29.2 Å². The summed E-state index contributed by atoms with van der Waals surface area (Å²) in [5.74, 6) is -0.906. The van der Waals surface area contributed by atoms with Crippen molar-refractivity contribution in [1.82, 2.24) is 15.8 Å². The topological polar surface area (TPSA) is 78.5 Å². The van der Waals surface area contributed by atoms with E-state index < -0.39 is 23.4 Å². The monoisotopic (exact) mass is 369 g/mol.